The highest BCUT2D eigenvalue weighted by molar-refractivity contribution is 5.74. The average molecular weight is 316 g/mol. The van der Waals surface area contributed by atoms with Crippen molar-refractivity contribution in [2.24, 2.45) is 5.92 Å². The summed E-state index contributed by atoms with van der Waals surface area (Å²) in [6, 6.07) is 6.64. The van der Waals surface area contributed by atoms with E-state index in [9.17, 15) is 4.79 Å². The topological polar surface area (TPSA) is 50.4 Å². The molecule has 1 fully saturated rings. The van der Waals surface area contributed by atoms with Crippen LogP contribution < -0.4 is 10.6 Å². The van der Waals surface area contributed by atoms with Gasteiger partial charge in [0, 0.05) is 19.8 Å². The standard InChI is InChI=1S/C19H28N2O2/c1-14(17-7-6-16-4-2-3-5-18(16)12-17)21-19(22)20-13-15-8-10-23-11-9-15/h6-7,12,14-15H,2-5,8-11,13H2,1H3,(H2,20,21,22). The predicted octanol–water partition coefficient (Wildman–Crippen LogP) is 3.35. The lowest BCUT2D eigenvalue weighted by Crippen LogP contribution is -2.40. The summed E-state index contributed by atoms with van der Waals surface area (Å²) in [5.74, 6) is 0.550. The van der Waals surface area contributed by atoms with Gasteiger partial charge in [0.25, 0.3) is 0 Å². The number of amides is 2. The summed E-state index contributed by atoms with van der Waals surface area (Å²) in [7, 11) is 0. The highest BCUT2D eigenvalue weighted by Gasteiger charge is 2.16. The summed E-state index contributed by atoms with van der Waals surface area (Å²) in [5.41, 5.74) is 4.15. The molecule has 0 aromatic heterocycles. The van der Waals surface area contributed by atoms with Crippen LogP contribution in [0.5, 0.6) is 0 Å². The number of ether oxygens (including phenoxy) is 1. The summed E-state index contributed by atoms with van der Waals surface area (Å²) in [5, 5.41) is 6.07. The van der Waals surface area contributed by atoms with E-state index in [2.05, 4.69) is 35.8 Å². The molecule has 1 aliphatic heterocycles. The van der Waals surface area contributed by atoms with Gasteiger partial charge in [-0.2, -0.15) is 0 Å². The van der Waals surface area contributed by atoms with E-state index in [1.165, 1.54) is 42.4 Å². The molecule has 4 nitrogen and oxygen atoms in total. The fourth-order valence-electron chi connectivity index (χ4n) is 3.54. The van der Waals surface area contributed by atoms with Gasteiger partial charge >= 0.3 is 6.03 Å². The highest BCUT2D eigenvalue weighted by atomic mass is 16.5. The summed E-state index contributed by atoms with van der Waals surface area (Å²) in [4.78, 5) is 12.1. The van der Waals surface area contributed by atoms with Gasteiger partial charge in [-0.3, -0.25) is 0 Å². The second-order valence-corrected chi connectivity index (χ2v) is 6.87. The van der Waals surface area contributed by atoms with Crippen LogP contribution in [0.15, 0.2) is 18.2 Å². The third-order valence-electron chi connectivity index (χ3n) is 5.11. The summed E-state index contributed by atoms with van der Waals surface area (Å²) >= 11 is 0. The van der Waals surface area contributed by atoms with Crippen LogP contribution in [0.2, 0.25) is 0 Å². The van der Waals surface area contributed by atoms with E-state index < -0.39 is 0 Å². The molecule has 23 heavy (non-hydrogen) atoms. The molecule has 1 heterocycles. The molecule has 1 atom stereocenters. The molecule has 4 heteroatoms. The van der Waals surface area contributed by atoms with E-state index in [-0.39, 0.29) is 12.1 Å². The predicted molar refractivity (Wildman–Crippen MR) is 91.6 cm³/mol. The molecule has 0 spiro atoms. The number of carbonyl (C=O) groups excluding carboxylic acids is 1. The fourth-order valence-corrected chi connectivity index (χ4v) is 3.54. The Labute approximate surface area is 139 Å². The number of aryl methyl sites for hydroxylation is 2. The second kappa shape index (κ2) is 7.82. The average Bonchev–Trinajstić information content (AvgIpc) is 2.60. The Morgan fingerprint density at radius 1 is 1.22 bits per heavy atom. The van der Waals surface area contributed by atoms with Crippen LogP contribution in [0, 0.1) is 5.92 Å². The van der Waals surface area contributed by atoms with Crippen molar-refractivity contribution in [1.82, 2.24) is 10.6 Å². The summed E-state index contributed by atoms with van der Waals surface area (Å²) in [6.07, 6.45) is 7.04. The number of fused-ring (bicyclic) bond motifs is 1. The molecular weight excluding hydrogens is 288 g/mol. The van der Waals surface area contributed by atoms with E-state index in [0.29, 0.717) is 5.92 Å². The Morgan fingerprint density at radius 3 is 2.74 bits per heavy atom. The number of nitrogens with one attached hydrogen (secondary N) is 2. The molecule has 1 aliphatic carbocycles. The second-order valence-electron chi connectivity index (χ2n) is 6.87. The van der Waals surface area contributed by atoms with Gasteiger partial charge in [-0.05, 0) is 68.1 Å². The molecule has 126 valence electrons. The lowest BCUT2D eigenvalue weighted by molar-refractivity contribution is 0.0669. The smallest absolute Gasteiger partial charge is 0.315 e. The molecule has 1 unspecified atom stereocenters. The number of hydrogen-bond acceptors (Lipinski definition) is 2. The van der Waals surface area contributed by atoms with Gasteiger partial charge in [0.05, 0.1) is 6.04 Å². The fraction of sp³-hybridized carbons (Fsp3) is 0.632. The monoisotopic (exact) mass is 316 g/mol. The van der Waals surface area contributed by atoms with Crippen LogP contribution in [-0.2, 0) is 17.6 Å². The van der Waals surface area contributed by atoms with Gasteiger partial charge in [-0.25, -0.2) is 4.79 Å². The first-order chi connectivity index (χ1) is 11.2. The van der Waals surface area contributed by atoms with Crippen molar-refractivity contribution in [3.8, 4) is 0 Å². The Kier molecular flexibility index (Phi) is 5.55. The Bertz CT molecular complexity index is 538. The van der Waals surface area contributed by atoms with Crippen LogP contribution in [0.3, 0.4) is 0 Å². The molecule has 0 bridgehead atoms. The normalized spacial score (nSPS) is 19.7. The first kappa shape index (κ1) is 16.3. The zero-order chi connectivity index (χ0) is 16.1. The zero-order valence-corrected chi connectivity index (χ0v) is 14.1. The Morgan fingerprint density at radius 2 is 1.96 bits per heavy atom. The minimum absolute atomic E-state index is 0.0388. The van der Waals surface area contributed by atoms with Crippen LogP contribution >= 0.6 is 0 Å². The van der Waals surface area contributed by atoms with Crippen molar-refractivity contribution < 1.29 is 9.53 Å². The molecule has 3 rings (SSSR count). The number of benzene rings is 1. The largest absolute Gasteiger partial charge is 0.381 e. The zero-order valence-electron chi connectivity index (χ0n) is 14.1. The SMILES string of the molecule is CC(NC(=O)NCC1CCOCC1)c1ccc2c(c1)CCCC2. The number of carbonyl (C=O) groups is 1. The lowest BCUT2D eigenvalue weighted by Gasteiger charge is -2.23. The highest BCUT2D eigenvalue weighted by Crippen LogP contribution is 2.24. The molecule has 1 aromatic rings. The maximum Gasteiger partial charge on any atom is 0.315 e. The van der Waals surface area contributed by atoms with Crippen molar-refractivity contribution in [3.05, 3.63) is 34.9 Å². The number of urea groups is 1. The summed E-state index contributed by atoms with van der Waals surface area (Å²) in [6.45, 7) is 4.43. The number of rotatable bonds is 4. The van der Waals surface area contributed by atoms with Crippen LogP contribution in [0.4, 0.5) is 4.79 Å². The van der Waals surface area contributed by atoms with E-state index in [1.807, 2.05) is 0 Å². The first-order valence-electron chi connectivity index (χ1n) is 8.96. The van der Waals surface area contributed by atoms with Crippen molar-refractivity contribution in [1.29, 1.82) is 0 Å². The van der Waals surface area contributed by atoms with Gasteiger partial charge in [0.15, 0.2) is 0 Å². The van der Waals surface area contributed by atoms with Crippen LogP contribution in [0.25, 0.3) is 0 Å². The minimum atomic E-state index is -0.0679. The molecule has 0 radical (unpaired) electrons. The van der Waals surface area contributed by atoms with Gasteiger partial charge < -0.3 is 15.4 Å². The van der Waals surface area contributed by atoms with Gasteiger partial charge in [0.1, 0.15) is 0 Å². The molecular formula is C19H28N2O2. The van der Waals surface area contributed by atoms with Crippen molar-refractivity contribution in [2.45, 2.75) is 51.5 Å². The minimum Gasteiger partial charge on any atom is -0.381 e. The van der Waals surface area contributed by atoms with Crippen molar-refractivity contribution in [3.63, 3.8) is 0 Å². The molecule has 2 N–H and O–H groups in total. The maximum atomic E-state index is 12.1. The molecule has 1 saturated heterocycles. The van der Waals surface area contributed by atoms with Crippen molar-refractivity contribution >= 4 is 6.03 Å². The van der Waals surface area contributed by atoms with E-state index in [0.717, 1.165) is 32.6 Å². The third kappa shape index (κ3) is 4.47. The molecule has 1 aromatic carbocycles. The summed E-state index contributed by atoms with van der Waals surface area (Å²) < 4.78 is 5.35. The molecule has 2 aliphatic rings. The van der Waals surface area contributed by atoms with E-state index >= 15 is 0 Å². The van der Waals surface area contributed by atoms with Gasteiger partial charge in [-0.1, -0.05) is 18.2 Å². The first-order valence-corrected chi connectivity index (χ1v) is 8.96. The van der Waals surface area contributed by atoms with E-state index in [4.69, 9.17) is 4.74 Å². The van der Waals surface area contributed by atoms with Crippen molar-refractivity contribution in [2.75, 3.05) is 19.8 Å². The lowest BCUT2D eigenvalue weighted by atomic mass is 9.89. The maximum absolute atomic E-state index is 12.1. The van der Waals surface area contributed by atoms with Crippen LogP contribution in [-0.4, -0.2) is 25.8 Å². The van der Waals surface area contributed by atoms with E-state index in [1.54, 1.807) is 0 Å². The Hall–Kier alpha value is -1.55. The number of hydrogen-bond donors (Lipinski definition) is 2. The van der Waals surface area contributed by atoms with Gasteiger partial charge in [-0.15, -0.1) is 0 Å². The third-order valence-corrected chi connectivity index (χ3v) is 5.11. The van der Waals surface area contributed by atoms with Crippen LogP contribution in [0.1, 0.15) is 55.3 Å². The molecule has 2 amide bonds. The van der Waals surface area contributed by atoms with Gasteiger partial charge in [0.2, 0.25) is 0 Å². The Balaban J connectivity index is 1.49. The quantitative estimate of drug-likeness (QED) is 0.895. The molecule has 0 saturated carbocycles.